The fraction of sp³-hybridized carbons (Fsp3) is 0.300. The summed E-state index contributed by atoms with van der Waals surface area (Å²) in [6.45, 7) is 3.75. The zero-order chi connectivity index (χ0) is 10.3. The van der Waals surface area contributed by atoms with Crippen molar-refractivity contribution >= 4 is 11.5 Å². The van der Waals surface area contributed by atoms with Crippen LogP contribution in [0.15, 0.2) is 23.5 Å². The summed E-state index contributed by atoms with van der Waals surface area (Å²) in [7, 11) is 0. The Bertz CT molecular complexity index is 540. The van der Waals surface area contributed by atoms with Crippen LogP contribution >= 0.6 is 0 Å². The predicted octanol–water partition coefficient (Wildman–Crippen LogP) is 0.388. The van der Waals surface area contributed by atoms with Crippen molar-refractivity contribution in [2.75, 3.05) is 13.1 Å². The summed E-state index contributed by atoms with van der Waals surface area (Å²) < 4.78 is 1.83. The molecular weight excluding hydrogens is 190 g/mol. The van der Waals surface area contributed by atoms with Gasteiger partial charge in [0.05, 0.1) is 12.1 Å². The Kier molecular flexibility index (Phi) is 1.71. The lowest BCUT2D eigenvalue weighted by Gasteiger charge is -2.05. The normalized spacial score (nSPS) is 15.4. The molecule has 0 fully saturated rings. The topological polar surface area (TPSA) is 54.6 Å². The largest absolute Gasteiger partial charge is 0.368 e. The molecular formula is C10H11N5. The molecule has 76 valence electrons. The van der Waals surface area contributed by atoms with Crippen LogP contribution in [-0.4, -0.2) is 33.5 Å². The van der Waals surface area contributed by atoms with Gasteiger partial charge in [0.1, 0.15) is 12.2 Å². The maximum Gasteiger partial charge on any atom is 0.166 e. The molecule has 0 atom stereocenters. The number of rotatable bonds is 1. The number of aliphatic imine (C=N–C) groups is 1. The van der Waals surface area contributed by atoms with E-state index in [0.717, 1.165) is 35.8 Å². The standard InChI is InChI=1S/C10H11N5/c1-7-2-3-8(9-11-4-5-12-9)10-13-6-14-15(7)10/h2-3,6H,4-5H2,1H3,(H,11,12). The molecule has 2 aromatic rings. The number of nitrogens with one attached hydrogen (secondary N) is 1. The summed E-state index contributed by atoms with van der Waals surface area (Å²) in [6.07, 6.45) is 1.57. The summed E-state index contributed by atoms with van der Waals surface area (Å²) in [5.74, 6) is 0.924. The maximum atomic E-state index is 4.39. The quantitative estimate of drug-likeness (QED) is 0.726. The Hall–Kier alpha value is -1.91. The van der Waals surface area contributed by atoms with Crippen LogP contribution in [0.3, 0.4) is 0 Å². The molecule has 3 rings (SSSR count). The van der Waals surface area contributed by atoms with Crippen LogP contribution in [0.25, 0.3) is 5.65 Å². The number of aryl methyl sites for hydroxylation is 1. The van der Waals surface area contributed by atoms with Crippen molar-refractivity contribution in [1.29, 1.82) is 0 Å². The van der Waals surface area contributed by atoms with Crippen molar-refractivity contribution in [3.63, 3.8) is 0 Å². The van der Waals surface area contributed by atoms with E-state index < -0.39 is 0 Å². The van der Waals surface area contributed by atoms with E-state index in [4.69, 9.17) is 0 Å². The molecule has 0 aromatic carbocycles. The van der Waals surface area contributed by atoms with Gasteiger partial charge in [0.2, 0.25) is 0 Å². The molecule has 2 aromatic heterocycles. The van der Waals surface area contributed by atoms with Gasteiger partial charge in [-0.05, 0) is 19.1 Å². The average molecular weight is 201 g/mol. The average Bonchev–Trinajstić information content (AvgIpc) is 2.88. The minimum atomic E-state index is 0.837. The van der Waals surface area contributed by atoms with Crippen molar-refractivity contribution in [3.8, 4) is 0 Å². The third-order valence-electron chi connectivity index (χ3n) is 2.54. The highest BCUT2D eigenvalue weighted by Gasteiger charge is 2.13. The second-order valence-corrected chi connectivity index (χ2v) is 3.54. The second-order valence-electron chi connectivity index (χ2n) is 3.54. The minimum Gasteiger partial charge on any atom is -0.368 e. The van der Waals surface area contributed by atoms with Crippen molar-refractivity contribution in [2.45, 2.75) is 6.92 Å². The van der Waals surface area contributed by atoms with Gasteiger partial charge in [-0.15, -0.1) is 0 Å². The van der Waals surface area contributed by atoms with Crippen LogP contribution in [0.2, 0.25) is 0 Å². The highest BCUT2D eigenvalue weighted by molar-refractivity contribution is 6.04. The molecule has 1 aliphatic heterocycles. The minimum absolute atomic E-state index is 0.837. The first-order valence-corrected chi connectivity index (χ1v) is 4.94. The van der Waals surface area contributed by atoms with E-state index in [2.05, 4.69) is 20.4 Å². The van der Waals surface area contributed by atoms with Crippen molar-refractivity contribution in [1.82, 2.24) is 19.9 Å². The highest BCUT2D eigenvalue weighted by atomic mass is 15.3. The Labute approximate surface area is 86.9 Å². The second kappa shape index (κ2) is 3.05. The molecule has 0 bridgehead atoms. The van der Waals surface area contributed by atoms with Crippen LogP contribution in [0.4, 0.5) is 0 Å². The van der Waals surface area contributed by atoms with Crippen LogP contribution in [0, 0.1) is 6.92 Å². The first kappa shape index (κ1) is 8.40. The van der Waals surface area contributed by atoms with Crippen molar-refractivity contribution in [2.24, 2.45) is 4.99 Å². The molecule has 5 heteroatoms. The lowest BCUT2D eigenvalue weighted by atomic mass is 10.2. The third kappa shape index (κ3) is 1.20. The van der Waals surface area contributed by atoms with Gasteiger partial charge in [0.15, 0.2) is 5.65 Å². The van der Waals surface area contributed by atoms with Gasteiger partial charge in [0.25, 0.3) is 0 Å². The highest BCUT2D eigenvalue weighted by Crippen LogP contribution is 2.11. The zero-order valence-corrected chi connectivity index (χ0v) is 8.44. The number of nitrogens with zero attached hydrogens (tertiary/aromatic N) is 4. The summed E-state index contributed by atoms with van der Waals surface area (Å²) in [5.41, 5.74) is 2.96. The molecule has 0 spiro atoms. The smallest absolute Gasteiger partial charge is 0.166 e. The Morgan fingerprint density at radius 3 is 3.13 bits per heavy atom. The Morgan fingerprint density at radius 1 is 1.40 bits per heavy atom. The van der Waals surface area contributed by atoms with E-state index in [9.17, 15) is 0 Å². The summed E-state index contributed by atoms with van der Waals surface area (Å²) in [5, 5.41) is 7.42. The van der Waals surface area contributed by atoms with Gasteiger partial charge in [-0.2, -0.15) is 5.10 Å². The number of fused-ring (bicyclic) bond motifs is 1. The molecule has 5 nitrogen and oxygen atoms in total. The Balaban J connectivity index is 2.26. The molecule has 3 heterocycles. The van der Waals surface area contributed by atoms with Gasteiger partial charge >= 0.3 is 0 Å². The van der Waals surface area contributed by atoms with Crippen LogP contribution in [-0.2, 0) is 0 Å². The van der Waals surface area contributed by atoms with Crippen LogP contribution in [0.1, 0.15) is 11.3 Å². The van der Waals surface area contributed by atoms with E-state index in [-0.39, 0.29) is 0 Å². The molecule has 1 N–H and O–H groups in total. The summed E-state index contributed by atoms with van der Waals surface area (Å²) in [6, 6.07) is 4.07. The van der Waals surface area contributed by atoms with E-state index >= 15 is 0 Å². The first-order chi connectivity index (χ1) is 7.36. The number of pyridine rings is 1. The molecule has 0 radical (unpaired) electrons. The number of amidine groups is 1. The molecule has 0 saturated heterocycles. The zero-order valence-electron chi connectivity index (χ0n) is 8.44. The fourth-order valence-electron chi connectivity index (χ4n) is 1.80. The molecule has 0 saturated carbocycles. The Morgan fingerprint density at radius 2 is 2.33 bits per heavy atom. The molecule has 1 aliphatic rings. The van der Waals surface area contributed by atoms with Gasteiger partial charge < -0.3 is 5.32 Å². The maximum absolute atomic E-state index is 4.39. The van der Waals surface area contributed by atoms with Crippen molar-refractivity contribution in [3.05, 3.63) is 29.7 Å². The number of hydrogen-bond acceptors (Lipinski definition) is 4. The molecule has 0 aliphatic carbocycles. The third-order valence-corrected chi connectivity index (χ3v) is 2.54. The molecule has 0 amide bonds. The fourth-order valence-corrected chi connectivity index (χ4v) is 1.80. The number of aromatic nitrogens is 3. The lowest BCUT2D eigenvalue weighted by Crippen LogP contribution is -2.20. The van der Waals surface area contributed by atoms with Crippen LogP contribution in [0.5, 0.6) is 0 Å². The van der Waals surface area contributed by atoms with Gasteiger partial charge in [-0.1, -0.05) is 0 Å². The first-order valence-electron chi connectivity index (χ1n) is 4.94. The predicted molar refractivity (Wildman–Crippen MR) is 57.1 cm³/mol. The summed E-state index contributed by atoms with van der Waals surface area (Å²) >= 11 is 0. The van der Waals surface area contributed by atoms with Gasteiger partial charge in [-0.3, -0.25) is 4.99 Å². The summed E-state index contributed by atoms with van der Waals surface area (Å²) in [4.78, 5) is 8.64. The number of hydrogen-bond donors (Lipinski definition) is 1. The van der Waals surface area contributed by atoms with Gasteiger partial charge in [0, 0.05) is 12.2 Å². The molecule has 0 unspecified atom stereocenters. The lowest BCUT2D eigenvalue weighted by molar-refractivity contribution is 0.912. The van der Waals surface area contributed by atoms with E-state index in [1.165, 1.54) is 0 Å². The van der Waals surface area contributed by atoms with E-state index in [1.807, 2.05) is 23.6 Å². The van der Waals surface area contributed by atoms with E-state index in [1.54, 1.807) is 6.33 Å². The molecule has 15 heavy (non-hydrogen) atoms. The van der Waals surface area contributed by atoms with Gasteiger partial charge in [-0.25, -0.2) is 9.50 Å². The van der Waals surface area contributed by atoms with E-state index in [0.29, 0.717) is 0 Å². The monoisotopic (exact) mass is 201 g/mol. The van der Waals surface area contributed by atoms with Crippen LogP contribution < -0.4 is 5.32 Å². The van der Waals surface area contributed by atoms with Crippen molar-refractivity contribution < 1.29 is 0 Å². The SMILES string of the molecule is Cc1ccc(C2=NCCN2)c2ncnn12.